The van der Waals surface area contributed by atoms with Gasteiger partial charge >= 0.3 is 0 Å². The van der Waals surface area contributed by atoms with Crippen molar-refractivity contribution in [3.8, 4) is 6.07 Å². The van der Waals surface area contributed by atoms with E-state index in [9.17, 15) is 0 Å². The van der Waals surface area contributed by atoms with Gasteiger partial charge in [0.2, 0.25) is 0 Å². The lowest BCUT2D eigenvalue weighted by Crippen LogP contribution is -2.36. The molecule has 5 nitrogen and oxygen atoms in total. The molecule has 0 saturated heterocycles. The van der Waals surface area contributed by atoms with Gasteiger partial charge < -0.3 is 5.32 Å². The Hall–Kier alpha value is -1.67. The van der Waals surface area contributed by atoms with Gasteiger partial charge in [0.15, 0.2) is 5.69 Å². The number of rotatable bonds is 5. The van der Waals surface area contributed by atoms with Gasteiger partial charge in [0.1, 0.15) is 11.9 Å². The molecule has 0 bridgehead atoms. The standard InChI is InChI=1S/C12H17N5/c1-9(17(2)11-3-4-11)6-15-12-8-14-10(5-13)7-16-12/h7-9,11H,3-4,6H2,1-2H3,(H,15,16). The van der Waals surface area contributed by atoms with E-state index in [1.807, 2.05) is 6.07 Å². The molecule has 2 rings (SSSR count). The van der Waals surface area contributed by atoms with E-state index in [1.54, 1.807) is 6.20 Å². The van der Waals surface area contributed by atoms with Crippen LogP contribution in [0.1, 0.15) is 25.5 Å². The first kappa shape index (κ1) is 11.8. The van der Waals surface area contributed by atoms with E-state index in [0.29, 0.717) is 11.7 Å². The maximum absolute atomic E-state index is 8.61. The van der Waals surface area contributed by atoms with Gasteiger partial charge in [-0.25, -0.2) is 9.97 Å². The molecule has 0 radical (unpaired) electrons. The summed E-state index contributed by atoms with van der Waals surface area (Å²) in [6.07, 6.45) is 5.72. The minimum atomic E-state index is 0.346. The Morgan fingerprint density at radius 1 is 1.53 bits per heavy atom. The van der Waals surface area contributed by atoms with Crippen LogP contribution in [0.15, 0.2) is 12.4 Å². The maximum Gasteiger partial charge on any atom is 0.158 e. The Morgan fingerprint density at radius 3 is 2.82 bits per heavy atom. The highest BCUT2D eigenvalue weighted by molar-refractivity contribution is 5.33. The highest BCUT2D eigenvalue weighted by atomic mass is 15.2. The summed E-state index contributed by atoms with van der Waals surface area (Å²) in [5.41, 5.74) is 0.346. The molecule has 0 spiro atoms. The Labute approximate surface area is 101 Å². The van der Waals surface area contributed by atoms with Gasteiger partial charge in [0, 0.05) is 18.6 Å². The second-order valence-corrected chi connectivity index (χ2v) is 4.53. The molecule has 90 valence electrons. The first-order valence-electron chi connectivity index (χ1n) is 5.88. The Bertz CT molecular complexity index is 404. The van der Waals surface area contributed by atoms with E-state index in [4.69, 9.17) is 5.26 Å². The number of nitriles is 1. The molecule has 0 amide bonds. The predicted octanol–water partition coefficient (Wildman–Crippen LogP) is 1.24. The zero-order valence-electron chi connectivity index (χ0n) is 10.2. The summed E-state index contributed by atoms with van der Waals surface area (Å²) >= 11 is 0. The van der Waals surface area contributed by atoms with Crippen molar-refractivity contribution in [1.82, 2.24) is 14.9 Å². The van der Waals surface area contributed by atoms with Crippen molar-refractivity contribution in [2.75, 3.05) is 18.9 Å². The van der Waals surface area contributed by atoms with Crippen molar-refractivity contribution >= 4 is 5.82 Å². The highest BCUT2D eigenvalue weighted by Crippen LogP contribution is 2.26. The minimum absolute atomic E-state index is 0.346. The van der Waals surface area contributed by atoms with Gasteiger partial charge in [-0.05, 0) is 26.8 Å². The second-order valence-electron chi connectivity index (χ2n) is 4.53. The van der Waals surface area contributed by atoms with Crippen LogP contribution in [-0.4, -0.2) is 40.5 Å². The lowest BCUT2D eigenvalue weighted by Gasteiger charge is -2.24. The van der Waals surface area contributed by atoms with E-state index in [2.05, 4.69) is 34.2 Å². The van der Waals surface area contributed by atoms with Crippen molar-refractivity contribution in [2.45, 2.75) is 31.8 Å². The average molecular weight is 231 g/mol. The Kier molecular flexibility index (Phi) is 3.55. The molecule has 0 aromatic carbocycles. The Balaban J connectivity index is 1.82. The smallest absolute Gasteiger partial charge is 0.158 e. The molecular formula is C12H17N5. The number of hydrogen-bond donors (Lipinski definition) is 1. The molecule has 1 aromatic heterocycles. The molecule has 17 heavy (non-hydrogen) atoms. The van der Waals surface area contributed by atoms with Crippen LogP contribution in [-0.2, 0) is 0 Å². The molecule has 1 heterocycles. The molecule has 1 N–H and O–H groups in total. The summed E-state index contributed by atoms with van der Waals surface area (Å²) in [7, 11) is 2.16. The van der Waals surface area contributed by atoms with Gasteiger partial charge in [0.05, 0.1) is 12.4 Å². The summed E-state index contributed by atoms with van der Waals surface area (Å²) in [6.45, 7) is 3.04. The van der Waals surface area contributed by atoms with Crippen LogP contribution in [0.4, 0.5) is 5.82 Å². The molecule has 1 saturated carbocycles. The number of nitrogens with one attached hydrogen (secondary N) is 1. The van der Waals surface area contributed by atoms with Crippen molar-refractivity contribution < 1.29 is 0 Å². The summed E-state index contributed by atoms with van der Waals surface area (Å²) in [6, 6.07) is 3.19. The van der Waals surface area contributed by atoms with Gasteiger partial charge in [-0.3, -0.25) is 4.90 Å². The van der Waals surface area contributed by atoms with E-state index >= 15 is 0 Å². The average Bonchev–Trinajstić information content (AvgIpc) is 3.20. The molecular weight excluding hydrogens is 214 g/mol. The zero-order chi connectivity index (χ0) is 12.3. The molecule has 0 aliphatic heterocycles. The monoisotopic (exact) mass is 231 g/mol. The van der Waals surface area contributed by atoms with E-state index < -0.39 is 0 Å². The lowest BCUT2D eigenvalue weighted by molar-refractivity contribution is 0.257. The highest BCUT2D eigenvalue weighted by Gasteiger charge is 2.28. The van der Waals surface area contributed by atoms with E-state index in [-0.39, 0.29) is 0 Å². The topological polar surface area (TPSA) is 64.8 Å². The van der Waals surface area contributed by atoms with Gasteiger partial charge in [-0.15, -0.1) is 0 Å². The summed E-state index contributed by atoms with van der Waals surface area (Å²) in [5, 5.41) is 11.8. The van der Waals surface area contributed by atoms with Crippen LogP contribution in [0.2, 0.25) is 0 Å². The maximum atomic E-state index is 8.61. The van der Waals surface area contributed by atoms with Crippen LogP contribution >= 0.6 is 0 Å². The lowest BCUT2D eigenvalue weighted by atomic mass is 10.3. The largest absolute Gasteiger partial charge is 0.367 e. The van der Waals surface area contributed by atoms with Gasteiger partial charge in [-0.1, -0.05) is 0 Å². The number of nitrogens with zero attached hydrogens (tertiary/aromatic N) is 4. The number of anilines is 1. The molecule has 1 atom stereocenters. The van der Waals surface area contributed by atoms with Crippen molar-refractivity contribution in [1.29, 1.82) is 5.26 Å². The van der Waals surface area contributed by atoms with E-state index in [0.717, 1.165) is 18.4 Å². The number of hydrogen-bond acceptors (Lipinski definition) is 5. The second kappa shape index (κ2) is 5.11. The third-order valence-corrected chi connectivity index (χ3v) is 3.16. The normalized spacial score (nSPS) is 16.6. The third-order valence-electron chi connectivity index (χ3n) is 3.16. The quantitative estimate of drug-likeness (QED) is 0.826. The van der Waals surface area contributed by atoms with Gasteiger partial charge in [0.25, 0.3) is 0 Å². The van der Waals surface area contributed by atoms with Crippen molar-refractivity contribution in [3.63, 3.8) is 0 Å². The predicted molar refractivity (Wildman–Crippen MR) is 65.5 cm³/mol. The van der Waals surface area contributed by atoms with Crippen LogP contribution in [0, 0.1) is 11.3 Å². The first-order valence-corrected chi connectivity index (χ1v) is 5.88. The fourth-order valence-corrected chi connectivity index (χ4v) is 1.72. The van der Waals surface area contributed by atoms with Crippen molar-refractivity contribution in [3.05, 3.63) is 18.1 Å². The molecule has 1 aliphatic rings. The van der Waals surface area contributed by atoms with Crippen LogP contribution in [0.3, 0.4) is 0 Å². The number of likely N-dealkylation sites (N-methyl/N-ethyl adjacent to an activating group) is 1. The van der Waals surface area contributed by atoms with Crippen LogP contribution in [0.25, 0.3) is 0 Å². The summed E-state index contributed by atoms with van der Waals surface area (Å²) < 4.78 is 0. The van der Waals surface area contributed by atoms with Crippen LogP contribution < -0.4 is 5.32 Å². The zero-order valence-corrected chi connectivity index (χ0v) is 10.2. The Morgan fingerprint density at radius 2 is 2.29 bits per heavy atom. The molecule has 1 fully saturated rings. The molecule has 1 aliphatic carbocycles. The SMILES string of the molecule is CC(CNc1cnc(C#N)cn1)N(C)C1CC1. The summed E-state index contributed by atoms with van der Waals surface area (Å²) in [5.74, 6) is 0.722. The fourth-order valence-electron chi connectivity index (χ4n) is 1.72. The fraction of sp³-hybridized carbons (Fsp3) is 0.583. The minimum Gasteiger partial charge on any atom is -0.367 e. The van der Waals surface area contributed by atoms with Crippen molar-refractivity contribution in [2.24, 2.45) is 0 Å². The van der Waals surface area contributed by atoms with E-state index in [1.165, 1.54) is 19.0 Å². The molecule has 5 heteroatoms. The summed E-state index contributed by atoms with van der Waals surface area (Å²) in [4.78, 5) is 10.5. The number of aromatic nitrogens is 2. The molecule has 1 unspecified atom stereocenters. The molecule has 1 aromatic rings. The third kappa shape index (κ3) is 3.14. The first-order chi connectivity index (χ1) is 8.20. The van der Waals surface area contributed by atoms with Gasteiger partial charge in [-0.2, -0.15) is 5.26 Å². The van der Waals surface area contributed by atoms with Crippen LogP contribution in [0.5, 0.6) is 0 Å².